The average molecular weight is 329 g/mol. The summed E-state index contributed by atoms with van der Waals surface area (Å²) < 4.78 is 48.4. The monoisotopic (exact) mass is 329 g/mol. The van der Waals surface area contributed by atoms with E-state index in [1.807, 2.05) is 0 Å². The molecule has 2 amide bonds. The second kappa shape index (κ2) is 7.44. The summed E-state index contributed by atoms with van der Waals surface area (Å²) in [5.41, 5.74) is 0. The number of alkyl halides is 3. The van der Waals surface area contributed by atoms with Crippen molar-refractivity contribution in [1.82, 2.24) is 15.1 Å². The molecule has 0 spiro atoms. The number of carbonyl (C=O) groups is 1. The molecule has 1 fully saturated rings. The second-order valence-electron chi connectivity index (χ2n) is 5.38. The van der Waals surface area contributed by atoms with Crippen molar-refractivity contribution in [2.45, 2.75) is 31.3 Å². The molecule has 3 atom stereocenters. The predicted molar refractivity (Wildman–Crippen MR) is 75.6 cm³/mol. The van der Waals surface area contributed by atoms with Crippen LogP contribution in [0.3, 0.4) is 0 Å². The number of halogens is 3. The zero-order valence-electron chi connectivity index (χ0n) is 12.4. The van der Waals surface area contributed by atoms with E-state index in [4.69, 9.17) is 0 Å². The van der Waals surface area contributed by atoms with Crippen LogP contribution in [-0.4, -0.2) is 76.5 Å². The van der Waals surface area contributed by atoms with Crippen LogP contribution in [0.1, 0.15) is 13.8 Å². The number of nitrogens with zero attached hydrogens (tertiary/aromatic N) is 2. The van der Waals surface area contributed by atoms with Crippen LogP contribution in [0.25, 0.3) is 0 Å². The molecule has 5 nitrogen and oxygen atoms in total. The fourth-order valence-electron chi connectivity index (χ4n) is 2.11. The van der Waals surface area contributed by atoms with E-state index < -0.39 is 23.5 Å². The number of rotatable bonds is 4. The molecule has 0 aromatic carbocycles. The maximum atomic E-state index is 12.4. The lowest BCUT2D eigenvalue weighted by atomic mass is 10.2. The SMILES string of the molecule is C[C@H](CNC(=O)N1CCN(CC(F)(F)F)[C@@H](C)C1)[S@](C)=O. The molecule has 0 saturated carbocycles. The van der Waals surface area contributed by atoms with Gasteiger partial charge in [-0.15, -0.1) is 0 Å². The fraction of sp³-hybridized carbons (Fsp3) is 0.917. The van der Waals surface area contributed by atoms with E-state index in [-0.39, 0.29) is 37.0 Å². The van der Waals surface area contributed by atoms with E-state index in [2.05, 4.69) is 5.32 Å². The highest BCUT2D eigenvalue weighted by Gasteiger charge is 2.35. The molecule has 0 unspecified atom stereocenters. The highest BCUT2D eigenvalue weighted by atomic mass is 32.2. The topological polar surface area (TPSA) is 52.7 Å². The Morgan fingerprint density at radius 2 is 2.05 bits per heavy atom. The number of carbonyl (C=O) groups excluding carboxylic acids is 1. The molecule has 0 aromatic rings. The van der Waals surface area contributed by atoms with Crippen molar-refractivity contribution in [1.29, 1.82) is 0 Å². The molecule has 124 valence electrons. The third-order valence-corrected chi connectivity index (χ3v) is 4.84. The van der Waals surface area contributed by atoms with Gasteiger partial charge in [0.2, 0.25) is 0 Å². The van der Waals surface area contributed by atoms with E-state index in [0.717, 1.165) is 0 Å². The van der Waals surface area contributed by atoms with Crippen LogP contribution in [-0.2, 0) is 10.8 Å². The zero-order chi connectivity index (χ0) is 16.2. The summed E-state index contributed by atoms with van der Waals surface area (Å²) in [7, 11) is -1.02. The third-order valence-electron chi connectivity index (χ3n) is 3.54. The van der Waals surface area contributed by atoms with Gasteiger partial charge in [-0.3, -0.25) is 9.11 Å². The first kappa shape index (κ1) is 18.2. The van der Waals surface area contributed by atoms with Crippen LogP contribution in [0.2, 0.25) is 0 Å². The fourth-order valence-corrected chi connectivity index (χ4v) is 2.42. The Morgan fingerprint density at radius 3 is 2.52 bits per heavy atom. The van der Waals surface area contributed by atoms with Crippen molar-refractivity contribution in [2.75, 3.05) is 39.0 Å². The normalized spacial score (nSPS) is 23.7. The van der Waals surface area contributed by atoms with E-state index in [0.29, 0.717) is 6.54 Å². The molecule has 0 radical (unpaired) electrons. The molecule has 9 heteroatoms. The lowest BCUT2D eigenvalue weighted by Crippen LogP contribution is -2.57. The maximum absolute atomic E-state index is 12.4. The van der Waals surface area contributed by atoms with Crippen LogP contribution < -0.4 is 5.32 Å². The van der Waals surface area contributed by atoms with Gasteiger partial charge in [0.15, 0.2) is 0 Å². The maximum Gasteiger partial charge on any atom is 0.401 e. The molecule has 0 aromatic heterocycles. The summed E-state index contributed by atoms with van der Waals surface area (Å²) in [6.07, 6.45) is -2.66. The summed E-state index contributed by atoms with van der Waals surface area (Å²) in [5, 5.41) is 2.52. The number of hydrogen-bond acceptors (Lipinski definition) is 3. The lowest BCUT2D eigenvalue weighted by molar-refractivity contribution is -0.153. The second-order valence-corrected chi connectivity index (χ2v) is 7.18. The quantitative estimate of drug-likeness (QED) is 0.838. The summed E-state index contributed by atoms with van der Waals surface area (Å²) >= 11 is 0. The largest absolute Gasteiger partial charge is 0.401 e. The molecule has 1 aliphatic heterocycles. The van der Waals surface area contributed by atoms with Crippen LogP contribution >= 0.6 is 0 Å². The first-order valence-electron chi connectivity index (χ1n) is 6.76. The van der Waals surface area contributed by atoms with Crippen LogP contribution in [0.15, 0.2) is 0 Å². The van der Waals surface area contributed by atoms with Gasteiger partial charge >= 0.3 is 12.2 Å². The Bertz CT molecular complexity index is 392. The van der Waals surface area contributed by atoms with E-state index >= 15 is 0 Å². The molecule has 1 rings (SSSR count). The predicted octanol–water partition coefficient (Wildman–Crippen LogP) is 1.03. The number of amides is 2. The summed E-state index contributed by atoms with van der Waals surface area (Å²) in [6, 6.07) is -0.658. The molecule has 0 bridgehead atoms. The van der Waals surface area contributed by atoms with Crippen molar-refractivity contribution in [3.8, 4) is 0 Å². The Kier molecular flexibility index (Phi) is 6.45. The number of urea groups is 1. The van der Waals surface area contributed by atoms with Gasteiger partial charge in [0.25, 0.3) is 0 Å². The molecule has 1 aliphatic rings. The van der Waals surface area contributed by atoms with E-state index in [1.165, 1.54) is 9.80 Å². The van der Waals surface area contributed by atoms with Gasteiger partial charge in [-0.05, 0) is 13.8 Å². The average Bonchev–Trinajstić information content (AvgIpc) is 2.36. The first-order chi connectivity index (χ1) is 9.60. The van der Waals surface area contributed by atoms with Crippen molar-refractivity contribution in [3.63, 3.8) is 0 Å². The zero-order valence-corrected chi connectivity index (χ0v) is 13.3. The molecular weight excluding hydrogens is 307 g/mol. The van der Waals surface area contributed by atoms with Gasteiger partial charge in [0, 0.05) is 54.5 Å². The molecule has 1 heterocycles. The molecule has 0 aliphatic carbocycles. The Hall–Kier alpha value is -0.830. The van der Waals surface area contributed by atoms with E-state index in [1.54, 1.807) is 20.1 Å². The van der Waals surface area contributed by atoms with Crippen molar-refractivity contribution in [2.24, 2.45) is 0 Å². The molecule has 1 saturated heterocycles. The van der Waals surface area contributed by atoms with Gasteiger partial charge in [-0.2, -0.15) is 13.2 Å². The van der Waals surface area contributed by atoms with Crippen LogP contribution in [0, 0.1) is 0 Å². The summed E-state index contributed by atoms with van der Waals surface area (Å²) in [4.78, 5) is 14.8. The molecular formula is C12H22F3N3O2S. The minimum absolute atomic E-state index is 0.155. The van der Waals surface area contributed by atoms with Gasteiger partial charge in [0.1, 0.15) is 0 Å². The Labute approximate surface area is 125 Å². The Morgan fingerprint density at radius 1 is 1.43 bits per heavy atom. The molecule has 21 heavy (non-hydrogen) atoms. The minimum atomic E-state index is -4.22. The van der Waals surface area contributed by atoms with Crippen LogP contribution in [0.4, 0.5) is 18.0 Å². The molecule has 1 N–H and O–H groups in total. The van der Waals surface area contributed by atoms with Gasteiger partial charge < -0.3 is 10.2 Å². The van der Waals surface area contributed by atoms with Crippen molar-refractivity contribution >= 4 is 16.8 Å². The van der Waals surface area contributed by atoms with Gasteiger partial charge in [-0.25, -0.2) is 4.79 Å². The van der Waals surface area contributed by atoms with Crippen LogP contribution in [0.5, 0.6) is 0 Å². The highest BCUT2D eigenvalue weighted by molar-refractivity contribution is 7.84. The third kappa shape index (κ3) is 6.21. The van der Waals surface area contributed by atoms with Gasteiger partial charge in [-0.1, -0.05) is 0 Å². The summed E-state index contributed by atoms with van der Waals surface area (Å²) in [6.45, 7) is 3.49. The number of hydrogen-bond donors (Lipinski definition) is 1. The minimum Gasteiger partial charge on any atom is -0.337 e. The lowest BCUT2D eigenvalue weighted by Gasteiger charge is -2.40. The van der Waals surface area contributed by atoms with Gasteiger partial charge in [0.05, 0.1) is 6.54 Å². The Balaban J connectivity index is 2.43. The van der Waals surface area contributed by atoms with Crippen molar-refractivity contribution < 1.29 is 22.2 Å². The number of piperazine rings is 1. The smallest absolute Gasteiger partial charge is 0.337 e. The van der Waals surface area contributed by atoms with E-state index in [9.17, 15) is 22.2 Å². The highest BCUT2D eigenvalue weighted by Crippen LogP contribution is 2.20. The number of nitrogens with one attached hydrogen (secondary N) is 1. The van der Waals surface area contributed by atoms with Crippen molar-refractivity contribution in [3.05, 3.63) is 0 Å². The standard InChI is InChI=1S/C12H22F3N3O2S/c1-9-7-17(4-5-18(9)8-12(13,14)15)11(19)16-6-10(2)21(3)20/h9-10H,4-8H2,1-3H3,(H,16,19)/t9-,10+,21-/m0/s1. The first-order valence-corrected chi connectivity index (χ1v) is 8.38. The summed E-state index contributed by atoms with van der Waals surface area (Å²) in [5.74, 6) is 0.